The molecular weight excluding hydrogens is 853 g/mol. The number of epoxide rings is 1. The van der Waals surface area contributed by atoms with Gasteiger partial charge < -0.3 is 24.3 Å². The minimum atomic E-state index is -0.917. The third kappa shape index (κ3) is 8.80. The molecular formula is C51H66N8O6S. The van der Waals surface area contributed by atoms with Gasteiger partial charge in [0, 0.05) is 83.6 Å². The zero-order chi connectivity index (χ0) is 45.9. The third-order valence-corrected chi connectivity index (χ3v) is 16.2. The van der Waals surface area contributed by atoms with E-state index in [1.165, 1.54) is 21.9 Å². The Labute approximate surface area is 392 Å². The van der Waals surface area contributed by atoms with Crippen molar-refractivity contribution in [1.82, 2.24) is 40.1 Å². The van der Waals surface area contributed by atoms with Gasteiger partial charge in [-0.25, -0.2) is 10.4 Å². The van der Waals surface area contributed by atoms with Crippen LogP contribution in [0.4, 0.5) is 0 Å². The summed E-state index contributed by atoms with van der Waals surface area (Å²) in [6, 6.07) is 8.75. The van der Waals surface area contributed by atoms with Crippen LogP contribution in [0.15, 0.2) is 41.9 Å². The molecule has 6 bridgehead atoms. The number of nitrogens with one attached hydrogen (secondary N) is 2. The van der Waals surface area contributed by atoms with Crippen LogP contribution in [0.2, 0.25) is 0 Å². The van der Waals surface area contributed by atoms with E-state index in [1.807, 2.05) is 17.2 Å². The lowest BCUT2D eigenvalue weighted by atomic mass is 9.84. The summed E-state index contributed by atoms with van der Waals surface area (Å²) in [5.74, 6) is -0.332. The zero-order valence-electron chi connectivity index (χ0n) is 39.3. The number of benzene rings is 1. The van der Waals surface area contributed by atoms with E-state index in [2.05, 4.69) is 84.5 Å². The lowest BCUT2D eigenvalue weighted by Crippen LogP contribution is -2.62. The molecule has 66 heavy (non-hydrogen) atoms. The van der Waals surface area contributed by atoms with Crippen molar-refractivity contribution in [3.63, 3.8) is 0 Å². The zero-order valence-corrected chi connectivity index (χ0v) is 40.1. The lowest BCUT2D eigenvalue weighted by molar-refractivity contribution is -0.155. The minimum Gasteiger partial charge on any atom is -0.464 e. The molecule has 1 aliphatic carbocycles. The molecule has 4 saturated heterocycles. The molecule has 3 amide bonds. The van der Waals surface area contributed by atoms with Crippen LogP contribution < -0.4 is 10.7 Å². The highest BCUT2D eigenvalue weighted by Gasteiger charge is 2.51. The van der Waals surface area contributed by atoms with Gasteiger partial charge in [-0.2, -0.15) is 0 Å². The largest absolute Gasteiger partial charge is 0.464 e. The number of esters is 1. The number of aryl methyl sites for hydroxylation is 1. The molecule has 1 saturated carbocycles. The average Bonchev–Trinajstić information content (AvgIpc) is 3.77. The molecule has 8 heterocycles. The number of fused-ring (bicyclic) bond motifs is 6. The Morgan fingerprint density at radius 2 is 1.83 bits per heavy atom. The molecule has 4 aromatic rings. The van der Waals surface area contributed by atoms with Gasteiger partial charge in [0.15, 0.2) is 6.10 Å². The molecule has 1 aromatic carbocycles. The van der Waals surface area contributed by atoms with Crippen molar-refractivity contribution in [2.75, 3.05) is 45.9 Å². The molecule has 14 nitrogen and oxygen atoms in total. The maximum absolute atomic E-state index is 15.0. The van der Waals surface area contributed by atoms with Crippen LogP contribution in [0.1, 0.15) is 108 Å². The van der Waals surface area contributed by atoms with Gasteiger partial charge in [-0.1, -0.05) is 46.6 Å². The van der Waals surface area contributed by atoms with Crippen LogP contribution in [0.25, 0.3) is 33.4 Å². The minimum absolute atomic E-state index is 0.0501. The van der Waals surface area contributed by atoms with Crippen molar-refractivity contribution < 1.29 is 28.7 Å². The Balaban J connectivity index is 0.991. The molecule has 1 spiro atoms. The van der Waals surface area contributed by atoms with Gasteiger partial charge in [-0.3, -0.25) is 34.1 Å². The van der Waals surface area contributed by atoms with Gasteiger partial charge in [0.05, 0.1) is 41.3 Å². The number of hydrogen-bond donors (Lipinski definition) is 2. The molecule has 15 heteroatoms. The van der Waals surface area contributed by atoms with Gasteiger partial charge in [0.2, 0.25) is 5.91 Å². The first-order chi connectivity index (χ1) is 31.8. The second-order valence-electron chi connectivity index (χ2n) is 21.1. The number of rotatable bonds is 8. The maximum Gasteiger partial charge on any atom is 0.324 e. The highest BCUT2D eigenvalue weighted by molar-refractivity contribution is 7.10. The quantitative estimate of drug-likeness (QED) is 0.148. The summed E-state index contributed by atoms with van der Waals surface area (Å²) in [6.07, 6.45) is 9.50. The van der Waals surface area contributed by atoms with E-state index in [4.69, 9.17) is 19.4 Å². The fourth-order valence-corrected chi connectivity index (χ4v) is 12.7. The Kier molecular flexibility index (Phi) is 12.4. The van der Waals surface area contributed by atoms with Gasteiger partial charge in [-0.15, -0.1) is 11.3 Å². The monoisotopic (exact) mass is 918 g/mol. The standard InChI is InChI=1S/C51H66N8O6S/c1-6-58-40-16-15-33-23-35(40)36(45(58)34-13-9-19-52-43(34)31(2)3)25-50(4,5)30-65-49(63)37-14-10-20-59(55-37)47(61)38(24-42-53-39(33)27-66-42)54-46(60)44(32-11-7-8-12-32)56-21-17-51(28-56)18-22-57(29-51)48(62)41-26-64-41/h9,13,15-16,19,23,27,31-32,37-38,41,44,55H,6-8,10-12,14,17-18,20-22,24-26,28-30H2,1-5H3,(H,54,60)/t37-,38-,41+,44-,51-/m0/s1. The van der Waals surface area contributed by atoms with E-state index in [-0.39, 0.29) is 66.1 Å². The molecule has 10 rings (SSSR count). The van der Waals surface area contributed by atoms with Gasteiger partial charge >= 0.3 is 5.97 Å². The topological polar surface area (TPSA) is 155 Å². The lowest BCUT2D eigenvalue weighted by Gasteiger charge is -2.37. The van der Waals surface area contributed by atoms with E-state index in [1.54, 1.807) is 0 Å². The first kappa shape index (κ1) is 45.1. The second kappa shape index (κ2) is 18.1. The van der Waals surface area contributed by atoms with Gasteiger partial charge in [0.1, 0.15) is 12.1 Å². The number of pyridine rings is 1. The van der Waals surface area contributed by atoms with Gasteiger partial charge in [-0.05, 0) is 100 Å². The molecule has 0 unspecified atom stereocenters. The number of carbonyl (C=O) groups excluding carboxylic acids is 4. The number of carbonyl (C=O) groups is 4. The number of thiazole rings is 1. The summed E-state index contributed by atoms with van der Waals surface area (Å²) in [4.78, 5) is 71.1. The number of likely N-dealkylation sites (tertiary alicyclic amines) is 2. The van der Waals surface area contributed by atoms with E-state index in [9.17, 15) is 19.2 Å². The summed E-state index contributed by atoms with van der Waals surface area (Å²) in [7, 11) is 0. The predicted molar refractivity (Wildman–Crippen MR) is 253 cm³/mol. The van der Waals surface area contributed by atoms with E-state index < -0.39 is 17.5 Å². The molecule has 5 aliphatic heterocycles. The number of hydrazine groups is 1. The number of nitrogens with zero attached hydrogens (tertiary/aromatic N) is 6. The fraction of sp³-hybridized carbons (Fsp3) is 0.608. The molecule has 352 valence electrons. The number of amides is 3. The first-order valence-corrected chi connectivity index (χ1v) is 25.4. The first-order valence-electron chi connectivity index (χ1n) is 24.5. The number of hydrogen-bond acceptors (Lipinski definition) is 11. The molecule has 6 aliphatic rings. The summed E-state index contributed by atoms with van der Waals surface area (Å²) in [5, 5.41) is 8.77. The Bertz CT molecular complexity index is 2510. The number of ether oxygens (including phenoxy) is 2. The summed E-state index contributed by atoms with van der Waals surface area (Å²) in [6.45, 7) is 15.6. The van der Waals surface area contributed by atoms with Crippen molar-refractivity contribution in [1.29, 1.82) is 0 Å². The average molecular weight is 919 g/mol. The second-order valence-corrected chi connectivity index (χ2v) is 22.0. The van der Waals surface area contributed by atoms with E-state index in [0.717, 1.165) is 109 Å². The summed E-state index contributed by atoms with van der Waals surface area (Å²) in [5.41, 5.74) is 10.1. The predicted octanol–water partition coefficient (Wildman–Crippen LogP) is 6.50. The van der Waals surface area contributed by atoms with Crippen molar-refractivity contribution in [2.45, 2.75) is 136 Å². The number of cyclic esters (lactones) is 1. The Hall–Kier alpha value is -4.70. The van der Waals surface area contributed by atoms with Gasteiger partial charge in [0.25, 0.3) is 11.8 Å². The van der Waals surface area contributed by atoms with E-state index in [0.29, 0.717) is 39.0 Å². The van der Waals surface area contributed by atoms with Crippen molar-refractivity contribution in [3.05, 3.63) is 58.2 Å². The smallest absolute Gasteiger partial charge is 0.324 e. The summed E-state index contributed by atoms with van der Waals surface area (Å²) < 4.78 is 13.9. The van der Waals surface area contributed by atoms with Crippen molar-refractivity contribution in [2.24, 2.45) is 16.7 Å². The van der Waals surface area contributed by atoms with Crippen LogP contribution in [-0.4, -0.2) is 123 Å². The molecule has 5 fully saturated rings. The summed E-state index contributed by atoms with van der Waals surface area (Å²) >= 11 is 1.50. The van der Waals surface area contributed by atoms with Crippen LogP contribution in [0.3, 0.4) is 0 Å². The number of aromatic nitrogens is 3. The Morgan fingerprint density at radius 3 is 2.61 bits per heavy atom. The highest BCUT2D eigenvalue weighted by atomic mass is 32.1. The van der Waals surface area contributed by atoms with Crippen molar-refractivity contribution in [3.8, 4) is 22.5 Å². The highest BCUT2D eigenvalue weighted by Crippen LogP contribution is 2.44. The van der Waals surface area contributed by atoms with Crippen LogP contribution >= 0.6 is 11.3 Å². The molecule has 2 N–H and O–H groups in total. The Morgan fingerprint density at radius 1 is 1.03 bits per heavy atom. The van der Waals surface area contributed by atoms with Crippen LogP contribution in [0.5, 0.6) is 0 Å². The molecule has 5 atom stereocenters. The van der Waals surface area contributed by atoms with Crippen LogP contribution in [0, 0.1) is 16.7 Å². The fourth-order valence-electron chi connectivity index (χ4n) is 11.9. The SMILES string of the molecule is CCn1c(-c2cccnc2C(C)C)c2c3cc(ccc31)-c1csc(n1)C[C@H](NC(=O)[C@H](C1CCCC1)N1CC[C@]3(CCN(C(=O)[C@H]4CO4)C3)C1)C(=O)N1CCC[C@H](N1)C(=O)OCC(C)(C)C2. The normalized spacial score (nSPS) is 26.6. The van der Waals surface area contributed by atoms with Crippen LogP contribution in [-0.2, 0) is 48.0 Å². The molecule has 3 aromatic heterocycles. The van der Waals surface area contributed by atoms with Crippen molar-refractivity contribution >= 4 is 45.9 Å². The molecule has 0 radical (unpaired) electrons. The third-order valence-electron chi connectivity index (χ3n) is 15.3. The van der Waals surface area contributed by atoms with E-state index >= 15 is 0 Å². The maximum atomic E-state index is 15.0.